The quantitative estimate of drug-likeness (QED) is 0.678. The lowest BCUT2D eigenvalue weighted by atomic mass is 10.1. The number of esters is 1. The molecular formula is C14H17NO5S. The van der Waals surface area contributed by atoms with E-state index in [9.17, 15) is 18.3 Å². The summed E-state index contributed by atoms with van der Waals surface area (Å²) in [6.07, 6.45) is 1.52. The fourth-order valence-corrected chi connectivity index (χ4v) is 3.42. The minimum atomic E-state index is -3.86. The van der Waals surface area contributed by atoms with E-state index in [1.807, 2.05) is 6.92 Å². The van der Waals surface area contributed by atoms with E-state index in [4.69, 9.17) is 4.74 Å². The summed E-state index contributed by atoms with van der Waals surface area (Å²) < 4.78 is 30.5. The number of likely N-dealkylation sites (N-methyl/N-ethyl adjacent to an activating group) is 1. The Morgan fingerprint density at radius 1 is 1.33 bits per heavy atom. The Morgan fingerprint density at radius 2 is 2.00 bits per heavy atom. The lowest BCUT2D eigenvalue weighted by molar-refractivity contribution is -0.140. The number of fused-ring (bicyclic) bond motifs is 1. The molecule has 0 aliphatic carbocycles. The zero-order valence-electron chi connectivity index (χ0n) is 11.9. The lowest BCUT2D eigenvalue weighted by Gasteiger charge is -2.27. The van der Waals surface area contributed by atoms with E-state index < -0.39 is 16.0 Å². The second-order valence-electron chi connectivity index (χ2n) is 4.66. The van der Waals surface area contributed by atoms with Crippen molar-refractivity contribution in [3.8, 4) is 0 Å². The summed E-state index contributed by atoms with van der Waals surface area (Å²) in [4.78, 5) is 12.0. The van der Waals surface area contributed by atoms with Gasteiger partial charge in [0, 0.05) is 12.6 Å². The Labute approximate surface area is 123 Å². The van der Waals surface area contributed by atoms with Crippen LogP contribution in [0.2, 0.25) is 0 Å². The van der Waals surface area contributed by atoms with Crippen LogP contribution in [0.5, 0.6) is 0 Å². The summed E-state index contributed by atoms with van der Waals surface area (Å²) >= 11 is 0. The molecule has 2 rings (SSSR count). The molecule has 0 bridgehead atoms. The van der Waals surface area contributed by atoms with Crippen molar-refractivity contribution in [3.05, 3.63) is 35.5 Å². The number of hydrogen-bond acceptors (Lipinski definition) is 5. The second kappa shape index (κ2) is 5.77. The van der Waals surface area contributed by atoms with Gasteiger partial charge in [-0.15, -0.1) is 0 Å². The zero-order chi connectivity index (χ0) is 15.6. The molecule has 0 fully saturated rings. The molecule has 1 aliphatic heterocycles. The third-order valence-electron chi connectivity index (χ3n) is 3.24. The van der Waals surface area contributed by atoms with Gasteiger partial charge in [-0.3, -0.25) is 4.31 Å². The number of ether oxygens (including phenoxy) is 1. The van der Waals surface area contributed by atoms with E-state index in [0.29, 0.717) is 6.42 Å². The zero-order valence-corrected chi connectivity index (χ0v) is 12.7. The van der Waals surface area contributed by atoms with Crippen molar-refractivity contribution in [2.24, 2.45) is 0 Å². The van der Waals surface area contributed by atoms with Crippen molar-refractivity contribution in [1.29, 1.82) is 0 Å². The van der Waals surface area contributed by atoms with Gasteiger partial charge < -0.3 is 9.84 Å². The van der Waals surface area contributed by atoms with Gasteiger partial charge in [-0.05, 0) is 18.6 Å². The van der Waals surface area contributed by atoms with Gasteiger partial charge in [0.15, 0.2) is 11.5 Å². The molecule has 0 spiro atoms. The molecule has 0 saturated carbocycles. The molecular weight excluding hydrogens is 294 g/mol. The maximum atomic E-state index is 12.4. The van der Waals surface area contributed by atoms with Crippen LogP contribution in [-0.4, -0.2) is 37.5 Å². The van der Waals surface area contributed by atoms with Crippen LogP contribution < -0.4 is 0 Å². The van der Waals surface area contributed by atoms with Gasteiger partial charge in [0.2, 0.25) is 0 Å². The van der Waals surface area contributed by atoms with Crippen LogP contribution in [0.3, 0.4) is 0 Å². The molecule has 1 heterocycles. The Kier molecular flexibility index (Phi) is 4.22. The molecule has 114 valence electrons. The third kappa shape index (κ3) is 2.61. The summed E-state index contributed by atoms with van der Waals surface area (Å²) in [5, 5.41) is 10.2. The average Bonchev–Trinajstić information content (AvgIpc) is 2.46. The Bertz CT molecular complexity index is 693. The first-order valence-corrected chi connectivity index (χ1v) is 8.04. The first kappa shape index (κ1) is 15.4. The highest BCUT2D eigenvalue weighted by molar-refractivity contribution is 7.89. The van der Waals surface area contributed by atoms with Crippen molar-refractivity contribution in [2.45, 2.75) is 24.7 Å². The highest BCUT2D eigenvalue weighted by Gasteiger charge is 2.38. The summed E-state index contributed by atoms with van der Waals surface area (Å²) in [7, 11) is -2.64. The number of hydrogen-bond donors (Lipinski definition) is 1. The topological polar surface area (TPSA) is 83.9 Å². The summed E-state index contributed by atoms with van der Waals surface area (Å²) in [5.41, 5.74) is -0.247. The van der Waals surface area contributed by atoms with E-state index in [1.54, 1.807) is 12.1 Å². The van der Waals surface area contributed by atoms with Gasteiger partial charge in [-0.2, -0.15) is 0 Å². The second-order valence-corrected chi connectivity index (χ2v) is 6.59. The number of rotatable bonds is 4. The van der Waals surface area contributed by atoms with Crippen LogP contribution in [0.1, 0.15) is 25.3 Å². The first-order valence-electron chi connectivity index (χ1n) is 6.60. The van der Waals surface area contributed by atoms with Crippen molar-refractivity contribution in [2.75, 3.05) is 13.7 Å². The first-order chi connectivity index (χ1) is 9.91. The fourth-order valence-electron chi connectivity index (χ4n) is 2.03. The third-order valence-corrected chi connectivity index (χ3v) is 5.06. The maximum Gasteiger partial charge on any atom is 0.359 e. The van der Waals surface area contributed by atoms with Gasteiger partial charge in [0.1, 0.15) is 0 Å². The standard InChI is InChI=1S/C14H17NO5S/c1-3-4-9-20-14(17)12-13(16)10-7-5-6-8-11(10)21(18,19)15(12)2/h5-8,16H,3-4,9H2,1-2H3. The Morgan fingerprint density at radius 3 is 2.67 bits per heavy atom. The molecule has 1 aromatic carbocycles. The van der Waals surface area contributed by atoms with Crippen LogP contribution in [0.4, 0.5) is 0 Å². The SMILES string of the molecule is CCCCOC(=O)C1=C(O)c2ccccc2S(=O)(=O)N1C. The molecule has 21 heavy (non-hydrogen) atoms. The molecule has 0 aromatic heterocycles. The van der Waals surface area contributed by atoms with Gasteiger partial charge in [0.05, 0.1) is 11.5 Å². The van der Waals surface area contributed by atoms with Crippen LogP contribution in [-0.2, 0) is 19.6 Å². The van der Waals surface area contributed by atoms with Crippen molar-refractivity contribution in [1.82, 2.24) is 4.31 Å². The van der Waals surface area contributed by atoms with E-state index in [2.05, 4.69) is 0 Å². The van der Waals surface area contributed by atoms with Gasteiger partial charge in [-0.1, -0.05) is 25.5 Å². The molecule has 1 aliphatic rings. The van der Waals surface area contributed by atoms with E-state index in [0.717, 1.165) is 10.7 Å². The molecule has 0 amide bonds. The predicted molar refractivity (Wildman–Crippen MR) is 76.8 cm³/mol. The highest BCUT2D eigenvalue weighted by atomic mass is 32.2. The molecule has 7 heteroatoms. The van der Waals surface area contributed by atoms with E-state index >= 15 is 0 Å². The normalized spacial score (nSPS) is 16.6. The number of aliphatic hydroxyl groups excluding tert-OH is 1. The average molecular weight is 311 g/mol. The number of carbonyl (C=O) groups excluding carboxylic acids is 1. The number of carbonyl (C=O) groups is 1. The van der Waals surface area contributed by atoms with Crippen LogP contribution >= 0.6 is 0 Å². The number of aliphatic hydroxyl groups is 1. The monoisotopic (exact) mass is 311 g/mol. The number of sulfonamides is 1. The van der Waals surface area contributed by atoms with Crippen LogP contribution in [0.15, 0.2) is 34.9 Å². The van der Waals surface area contributed by atoms with Crippen molar-refractivity contribution in [3.63, 3.8) is 0 Å². The van der Waals surface area contributed by atoms with Crippen molar-refractivity contribution >= 4 is 21.8 Å². The molecule has 0 unspecified atom stereocenters. The molecule has 0 atom stereocenters. The van der Waals surface area contributed by atoms with Crippen LogP contribution in [0.25, 0.3) is 5.76 Å². The van der Waals surface area contributed by atoms with Crippen molar-refractivity contribution < 1.29 is 23.1 Å². The molecule has 0 saturated heterocycles. The highest BCUT2D eigenvalue weighted by Crippen LogP contribution is 2.34. The summed E-state index contributed by atoms with van der Waals surface area (Å²) in [6, 6.07) is 5.99. The summed E-state index contributed by atoms with van der Waals surface area (Å²) in [6.45, 7) is 2.12. The minimum Gasteiger partial charge on any atom is -0.505 e. The van der Waals surface area contributed by atoms with Gasteiger partial charge >= 0.3 is 5.97 Å². The maximum absolute atomic E-state index is 12.4. The minimum absolute atomic E-state index is 0.0323. The predicted octanol–water partition coefficient (Wildman–Crippen LogP) is 1.89. The number of benzene rings is 1. The smallest absolute Gasteiger partial charge is 0.359 e. The Balaban J connectivity index is 2.48. The largest absolute Gasteiger partial charge is 0.505 e. The Hall–Kier alpha value is -2.02. The lowest BCUT2D eigenvalue weighted by Crippen LogP contribution is -2.35. The molecule has 0 radical (unpaired) electrons. The van der Waals surface area contributed by atoms with E-state index in [-0.39, 0.29) is 28.5 Å². The van der Waals surface area contributed by atoms with Gasteiger partial charge in [0.25, 0.3) is 10.0 Å². The molecule has 1 aromatic rings. The number of nitrogens with zero attached hydrogens (tertiary/aromatic N) is 1. The fraction of sp³-hybridized carbons (Fsp3) is 0.357. The molecule has 1 N–H and O–H groups in total. The number of unbranched alkanes of at least 4 members (excludes halogenated alkanes) is 1. The van der Waals surface area contributed by atoms with Crippen LogP contribution in [0, 0.1) is 0 Å². The molecule has 6 nitrogen and oxygen atoms in total. The summed E-state index contributed by atoms with van der Waals surface area (Å²) in [5.74, 6) is -1.23. The van der Waals surface area contributed by atoms with Gasteiger partial charge in [-0.25, -0.2) is 13.2 Å². The van der Waals surface area contributed by atoms with E-state index in [1.165, 1.54) is 19.2 Å².